The molecule has 0 atom stereocenters. The third kappa shape index (κ3) is 2.49. The fraction of sp³-hybridized carbons (Fsp3) is 0.385. The zero-order chi connectivity index (χ0) is 13.6. The molecule has 1 fully saturated rings. The molecule has 6 heteroatoms. The molecule has 0 aliphatic carbocycles. The van der Waals surface area contributed by atoms with Crippen LogP contribution in [0.3, 0.4) is 0 Å². The van der Waals surface area contributed by atoms with Crippen LogP contribution >= 0.6 is 11.6 Å². The average molecular weight is 280 g/mol. The first-order chi connectivity index (χ1) is 8.93. The largest absolute Gasteiger partial charge is 0.388 e. The number of aliphatic hydroxyl groups is 1. The molecule has 0 unspecified atom stereocenters. The van der Waals surface area contributed by atoms with Crippen molar-refractivity contribution in [3.05, 3.63) is 39.4 Å². The van der Waals surface area contributed by atoms with Gasteiger partial charge in [0, 0.05) is 18.1 Å². The molecule has 19 heavy (non-hydrogen) atoms. The van der Waals surface area contributed by atoms with Crippen molar-refractivity contribution in [2.75, 3.05) is 13.1 Å². The van der Waals surface area contributed by atoms with Gasteiger partial charge in [0.05, 0.1) is 23.0 Å². The second-order valence-corrected chi connectivity index (χ2v) is 5.75. The summed E-state index contributed by atoms with van der Waals surface area (Å²) in [6.45, 7) is 3.51. The van der Waals surface area contributed by atoms with Crippen molar-refractivity contribution >= 4 is 22.5 Å². The number of H-pyrrole nitrogens is 1. The van der Waals surface area contributed by atoms with E-state index >= 15 is 0 Å². The smallest absolute Gasteiger partial charge is 0.258 e. The van der Waals surface area contributed by atoms with E-state index in [-0.39, 0.29) is 5.56 Å². The van der Waals surface area contributed by atoms with Crippen molar-refractivity contribution < 1.29 is 5.11 Å². The number of aromatic amines is 1. The van der Waals surface area contributed by atoms with Gasteiger partial charge in [-0.15, -0.1) is 0 Å². The zero-order valence-electron chi connectivity index (χ0n) is 10.5. The van der Waals surface area contributed by atoms with Gasteiger partial charge in [-0.25, -0.2) is 4.98 Å². The van der Waals surface area contributed by atoms with Crippen LogP contribution in [0.4, 0.5) is 0 Å². The number of nitrogens with one attached hydrogen (secondary N) is 1. The van der Waals surface area contributed by atoms with Gasteiger partial charge in [-0.3, -0.25) is 9.69 Å². The van der Waals surface area contributed by atoms with Crippen LogP contribution in [-0.2, 0) is 6.54 Å². The second-order valence-electron chi connectivity index (χ2n) is 5.32. The fourth-order valence-corrected chi connectivity index (χ4v) is 2.65. The Hall–Kier alpha value is -1.43. The Labute approximate surface area is 114 Å². The molecule has 1 aliphatic heterocycles. The van der Waals surface area contributed by atoms with Crippen LogP contribution in [0, 0.1) is 0 Å². The summed E-state index contributed by atoms with van der Waals surface area (Å²) in [5.74, 6) is 0.607. The van der Waals surface area contributed by atoms with Crippen LogP contribution in [-0.4, -0.2) is 38.7 Å². The number of nitrogens with zero attached hydrogens (tertiary/aromatic N) is 2. The predicted molar refractivity (Wildman–Crippen MR) is 73.3 cm³/mol. The number of hydrogen-bond donors (Lipinski definition) is 2. The highest BCUT2D eigenvalue weighted by Crippen LogP contribution is 2.21. The molecule has 1 saturated heterocycles. The van der Waals surface area contributed by atoms with E-state index < -0.39 is 5.60 Å². The fourth-order valence-electron chi connectivity index (χ4n) is 2.47. The van der Waals surface area contributed by atoms with Crippen LogP contribution in [0.5, 0.6) is 0 Å². The Morgan fingerprint density at radius 1 is 1.53 bits per heavy atom. The highest BCUT2D eigenvalue weighted by molar-refractivity contribution is 6.31. The van der Waals surface area contributed by atoms with Crippen molar-refractivity contribution in [3.63, 3.8) is 0 Å². The van der Waals surface area contributed by atoms with Gasteiger partial charge in [0.2, 0.25) is 0 Å². The molecule has 0 bridgehead atoms. The topological polar surface area (TPSA) is 69.2 Å². The van der Waals surface area contributed by atoms with E-state index in [1.54, 1.807) is 25.1 Å². The van der Waals surface area contributed by atoms with Crippen molar-refractivity contribution in [3.8, 4) is 0 Å². The molecule has 0 amide bonds. The molecule has 0 saturated carbocycles. The Morgan fingerprint density at radius 3 is 2.95 bits per heavy atom. The number of fused-ring (bicyclic) bond motifs is 1. The Bertz CT molecular complexity index is 688. The predicted octanol–water partition coefficient (Wildman–Crippen LogP) is 1.14. The van der Waals surface area contributed by atoms with Gasteiger partial charge >= 0.3 is 0 Å². The minimum Gasteiger partial charge on any atom is -0.388 e. The maximum atomic E-state index is 11.9. The molecular formula is C13H14ClN3O2. The third-order valence-electron chi connectivity index (χ3n) is 3.22. The van der Waals surface area contributed by atoms with Gasteiger partial charge in [0.25, 0.3) is 5.56 Å². The van der Waals surface area contributed by atoms with Crippen LogP contribution in [0.1, 0.15) is 12.7 Å². The molecule has 0 radical (unpaired) electrons. The first kappa shape index (κ1) is 12.6. The zero-order valence-corrected chi connectivity index (χ0v) is 11.2. The lowest BCUT2D eigenvalue weighted by Crippen LogP contribution is -2.59. The summed E-state index contributed by atoms with van der Waals surface area (Å²) in [5, 5.41) is 10.7. The van der Waals surface area contributed by atoms with Crippen LogP contribution in [0.15, 0.2) is 23.0 Å². The summed E-state index contributed by atoms with van der Waals surface area (Å²) >= 11 is 5.86. The molecule has 0 spiro atoms. The lowest BCUT2D eigenvalue weighted by Gasteiger charge is -2.43. The number of likely N-dealkylation sites (tertiary alicyclic amines) is 1. The van der Waals surface area contributed by atoms with E-state index in [1.807, 2.05) is 4.90 Å². The van der Waals surface area contributed by atoms with E-state index in [2.05, 4.69) is 9.97 Å². The van der Waals surface area contributed by atoms with E-state index in [9.17, 15) is 9.90 Å². The summed E-state index contributed by atoms with van der Waals surface area (Å²) in [6.07, 6.45) is 0. The Kier molecular flexibility index (Phi) is 2.85. The van der Waals surface area contributed by atoms with E-state index in [1.165, 1.54) is 0 Å². The lowest BCUT2D eigenvalue weighted by molar-refractivity contribution is -0.0880. The molecule has 3 rings (SSSR count). The number of aromatic nitrogens is 2. The SMILES string of the molecule is CC1(O)CN(Cc2nc3ccc(Cl)cc3c(=O)[nH]2)C1. The molecule has 1 aliphatic rings. The number of halogens is 1. The molecule has 2 aromatic rings. The number of β-amino-alcohol motifs (C(OH)–C–C–N with tert-alkyl or cyclic N) is 1. The summed E-state index contributed by atoms with van der Waals surface area (Å²) < 4.78 is 0. The van der Waals surface area contributed by atoms with Gasteiger partial charge in [-0.2, -0.15) is 0 Å². The molecule has 100 valence electrons. The number of hydrogen-bond acceptors (Lipinski definition) is 4. The molecule has 1 aromatic heterocycles. The van der Waals surface area contributed by atoms with Gasteiger partial charge < -0.3 is 10.1 Å². The van der Waals surface area contributed by atoms with Gasteiger partial charge in [0.15, 0.2) is 0 Å². The monoisotopic (exact) mass is 279 g/mol. The molecule has 1 aromatic carbocycles. The van der Waals surface area contributed by atoms with Gasteiger partial charge in [0.1, 0.15) is 5.82 Å². The molecule has 2 heterocycles. The van der Waals surface area contributed by atoms with Crippen LogP contribution < -0.4 is 5.56 Å². The molecule has 2 N–H and O–H groups in total. The first-order valence-corrected chi connectivity index (χ1v) is 6.44. The Morgan fingerprint density at radius 2 is 2.26 bits per heavy atom. The van der Waals surface area contributed by atoms with Crippen molar-refractivity contribution in [1.82, 2.24) is 14.9 Å². The van der Waals surface area contributed by atoms with E-state index in [0.717, 1.165) is 0 Å². The average Bonchev–Trinajstić information content (AvgIpc) is 2.28. The summed E-state index contributed by atoms with van der Waals surface area (Å²) in [6, 6.07) is 5.07. The highest BCUT2D eigenvalue weighted by atomic mass is 35.5. The van der Waals surface area contributed by atoms with Crippen LogP contribution in [0.25, 0.3) is 10.9 Å². The quantitative estimate of drug-likeness (QED) is 0.865. The van der Waals surface area contributed by atoms with Gasteiger partial charge in [-0.1, -0.05) is 11.6 Å². The number of benzene rings is 1. The van der Waals surface area contributed by atoms with Crippen LogP contribution in [0.2, 0.25) is 5.02 Å². The molecular weight excluding hydrogens is 266 g/mol. The van der Waals surface area contributed by atoms with E-state index in [4.69, 9.17) is 11.6 Å². The minimum absolute atomic E-state index is 0.185. The standard InChI is InChI=1S/C13H14ClN3O2/c1-13(19)6-17(7-13)5-11-15-10-3-2-8(14)4-9(10)12(18)16-11/h2-4,19H,5-7H2,1H3,(H,15,16,18). The summed E-state index contributed by atoms with van der Waals surface area (Å²) in [7, 11) is 0. The highest BCUT2D eigenvalue weighted by Gasteiger charge is 2.36. The lowest BCUT2D eigenvalue weighted by atomic mass is 9.97. The third-order valence-corrected chi connectivity index (χ3v) is 3.45. The van der Waals surface area contributed by atoms with Crippen molar-refractivity contribution in [2.45, 2.75) is 19.1 Å². The molecule has 5 nitrogen and oxygen atoms in total. The van der Waals surface area contributed by atoms with Gasteiger partial charge in [-0.05, 0) is 25.1 Å². The maximum absolute atomic E-state index is 11.9. The Balaban J connectivity index is 1.90. The summed E-state index contributed by atoms with van der Waals surface area (Å²) in [5.41, 5.74) is -0.171. The first-order valence-electron chi connectivity index (χ1n) is 6.06. The normalized spacial score (nSPS) is 18.5. The second kappa shape index (κ2) is 4.30. The van der Waals surface area contributed by atoms with E-state index in [0.29, 0.717) is 41.4 Å². The van der Waals surface area contributed by atoms with Crippen molar-refractivity contribution in [1.29, 1.82) is 0 Å². The van der Waals surface area contributed by atoms with Crippen molar-refractivity contribution in [2.24, 2.45) is 0 Å². The maximum Gasteiger partial charge on any atom is 0.258 e. The number of rotatable bonds is 2. The minimum atomic E-state index is -0.620. The summed E-state index contributed by atoms with van der Waals surface area (Å²) in [4.78, 5) is 21.1.